The predicted molar refractivity (Wildman–Crippen MR) is 62.9 cm³/mol. The Bertz CT molecular complexity index is 154. The molecule has 0 aromatic carbocycles. The Morgan fingerprint density at radius 3 is 1.23 bits per heavy atom. The fourth-order valence-corrected chi connectivity index (χ4v) is 2.32. The van der Waals surface area contributed by atoms with Gasteiger partial charge in [-0.15, -0.1) is 5.70 Å². The van der Waals surface area contributed by atoms with Crippen LogP contribution in [-0.2, 0) is 0 Å². The zero-order valence-corrected chi connectivity index (χ0v) is 12.0. The van der Waals surface area contributed by atoms with Gasteiger partial charge in [-0.05, 0) is 48.4 Å². The van der Waals surface area contributed by atoms with Gasteiger partial charge in [0.1, 0.15) is 5.79 Å². The van der Waals surface area contributed by atoms with Crippen LogP contribution in [0.1, 0.15) is 0 Å². The number of hydrogen-bond donors (Lipinski definition) is 0. The van der Waals surface area contributed by atoms with E-state index in [-0.39, 0.29) is 5.79 Å². The minimum absolute atomic E-state index is 0.0955. The number of rotatable bonds is 4. The van der Waals surface area contributed by atoms with Crippen molar-refractivity contribution in [1.82, 2.24) is 14.7 Å². The highest BCUT2D eigenvalue weighted by Gasteiger charge is 2.34. The van der Waals surface area contributed by atoms with E-state index in [1.807, 2.05) is 0 Å². The van der Waals surface area contributed by atoms with Crippen molar-refractivity contribution in [3.8, 4) is 0 Å². The molecule has 0 atom stereocenters. The average molecular weight is 201 g/mol. The van der Waals surface area contributed by atoms with Crippen molar-refractivity contribution in [2.24, 2.45) is 0 Å². The summed E-state index contributed by atoms with van der Waals surface area (Å²) in [5.74, 6) is -0.0955. The number of hydrogen-bond acceptors (Lipinski definition) is 3. The third kappa shape index (κ3) is 2.40. The first-order valence-electron chi connectivity index (χ1n) is 4.55. The summed E-state index contributed by atoms with van der Waals surface area (Å²) in [5.41, 5.74) is 2.22. The molecule has 0 spiro atoms. The lowest BCUT2D eigenvalue weighted by molar-refractivity contribution is -0.0657. The quantitative estimate of drug-likeness (QED) is 0.436. The van der Waals surface area contributed by atoms with Crippen LogP contribution in [0.5, 0.6) is 0 Å². The van der Waals surface area contributed by atoms with Gasteiger partial charge in [-0.3, -0.25) is 14.7 Å². The summed E-state index contributed by atoms with van der Waals surface area (Å²) in [4.78, 5) is 6.63. The summed E-state index contributed by atoms with van der Waals surface area (Å²) >= 11 is 0. The molecule has 4 heteroatoms. The van der Waals surface area contributed by atoms with Gasteiger partial charge in [-0.1, -0.05) is 0 Å². The highest BCUT2D eigenvalue weighted by atomic mass is 28.1. The van der Waals surface area contributed by atoms with Gasteiger partial charge in [0.25, 0.3) is 0 Å². The Kier molecular flexibility index (Phi) is 4.84. The lowest BCUT2D eigenvalue weighted by Gasteiger charge is -2.47. The molecule has 0 aliphatic rings. The molecule has 0 saturated heterocycles. The third-order valence-corrected chi connectivity index (χ3v) is 2.70. The van der Waals surface area contributed by atoms with Crippen LogP contribution in [0.2, 0.25) is 0 Å². The van der Waals surface area contributed by atoms with Crippen LogP contribution >= 0.6 is 0 Å². The first kappa shape index (κ1) is 12.8. The van der Waals surface area contributed by atoms with Crippen LogP contribution in [0.3, 0.4) is 0 Å². The molecule has 0 amide bonds. The van der Waals surface area contributed by atoms with Gasteiger partial charge in [0.05, 0.1) is 0 Å². The van der Waals surface area contributed by atoms with Gasteiger partial charge >= 0.3 is 0 Å². The Labute approximate surface area is 85.4 Å². The molecule has 0 N–H and O–H groups in total. The molecule has 0 fully saturated rings. The topological polar surface area (TPSA) is 9.72 Å². The first-order chi connectivity index (χ1) is 5.89. The Morgan fingerprint density at radius 1 is 0.846 bits per heavy atom. The van der Waals surface area contributed by atoms with Crippen molar-refractivity contribution in [2.75, 3.05) is 42.3 Å². The minimum atomic E-state index is -0.0955. The lowest BCUT2D eigenvalue weighted by atomic mass is 10.2. The van der Waals surface area contributed by atoms with E-state index < -0.39 is 0 Å². The van der Waals surface area contributed by atoms with Gasteiger partial charge in [-0.25, -0.2) is 0 Å². The van der Waals surface area contributed by atoms with Crippen molar-refractivity contribution < 1.29 is 0 Å². The summed E-state index contributed by atoms with van der Waals surface area (Å²) in [5, 5.41) is 0. The second-order valence-corrected chi connectivity index (χ2v) is 4.54. The van der Waals surface area contributed by atoms with E-state index in [0.29, 0.717) is 0 Å². The summed E-state index contributed by atoms with van der Waals surface area (Å²) in [7, 11) is 13.7. The maximum Gasteiger partial charge on any atom is 0.149 e. The average Bonchev–Trinajstić information content (AvgIpc) is 1.97. The molecular formula is C9H23N3Si. The molecule has 0 aromatic rings. The van der Waals surface area contributed by atoms with Crippen LogP contribution < -0.4 is 0 Å². The van der Waals surface area contributed by atoms with Gasteiger partial charge in [0.2, 0.25) is 0 Å². The fourth-order valence-electron chi connectivity index (χ4n) is 1.87. The Morgan fingerprint density at radius 2 is 1.15 bits per heavy atom. The van der Waals surface area contributed by atoms with Gasteiger partial charge in [0, 0.05) is 10.2 Å². The minimum Gasteiger partial charge on any atom is -0.276 e. The second-order valence-electron chi connectivity index (χ2n) is 3.87. The molecule has 0 aliphatic heterocycles. The summed E-state index contributed by atoms with van der Waals surface area (Å²) in [6.07, 6.45) is 2.25. The van der Waals surface area contributed by atoms with Gasteiger partial charge < -0.3 is 0 Å². The highest BCUT2D eigenvalue weighted by molar-refractivity contribution is 6.17. The van der Waals surface area contributed by atoms with E-state index in [1.165, 1.54) is 0 Å². The molecule has 0 bridgehead atoms. The van der Waals surface area contributed by atoms with Crippen molar-refractivity contribution in [1.29, 1.82) is 0 Å². The lowest BCUT2D eigenvalue weighted by Crippen LogP contribution is -2.62. The highest BCUT2D eigenvalue weighted by Crippen LogP contribution is 2.19. The van der Waals surface area contributed by atoms with Crippen LogP contribution in [0.25, 0.3) is 0 Å². The fraction of sp³-hybridized carbons (Fsp3) is 0.778. The summed E-state index contributed by atoms with van der Waals surface area (Å²) in [6.45, 7) is 0. The molecule has 13 heavy (non-hydrogen) atoms. The van der Waals surface area contributed by atoms with E-state index in [1.54, 1.807) is 0 Å². The van der Waals surface area contributed by atoms with E-state index >= 15 is 0 Å². The predicted octanol–water partition coefficient (Wildman–Crippen LogP) is -0.796. The molecular weight excluding hydrogens is 178 g/mol. The van der Waals surface area contributed by atoms with E-state index in [9.17, 15) is 0 Å². The maximum absolute atomic E-state index is 2.25. The SMILES string of the molecule is CN(C)C(C=C[SiH3])(N(C)C)N(C)C. The second kappa shape index (κ2) is 4.90. The third-order valence-electron chi connectivity index (χ3n) is 2.36. The largest absolute Gasteiger partial charge is 0.276 e. The van der Waals surface area contributed by atoms with Crippen LogP contribution in [0, 0.1) is 0 Å². The Balaban J connectivity index is 5.05. The molecule has 0 heterocycles. The zero-order valence-electron chi connectivity index (χ0n) is 10.00. The summed E-state index contributed by atoms with van der Waals surface area (Å²) < 4.78 is 0. The van der Waals surface area contributed by atoms with Crippen molar-refractivity contribution in [3.05, 3.63) is 11.8 Å². The smallest absolute Gasteiger partial charge is 0.149 e. The summed E-state index contributed by atoms with van der Waals surface area (Å²) in [6, 6.07) is 0. The number of nitrogens with zero attached hydrogens (tertiary/aromatic N) is 3. The first-order valence-corrected chi connectivity index (χ1v) is 5.71. The van der Waals surface area contributed by atoms with Crippen molar-refractivity contribution >= 4 is 10.2 Å². The van der Waals surface area contributed by atoms with E-state index in [4.69, 9.17) is 0 Å². The molecule has 0 radical (unpaired) electrons. The maximum atomic E-state index is 2.25. The van der Waals surface area contributed by atoms with Crippen LogP contribution in [0.4, 0.5) is 0 Å². The monoisotopic (exact) mass is 201 g/mol. The molecule has 0 rings (SSSR count). The molecule has 0 aliphatic carbocycles. The molecule has 0 aromatic heterocycles. The molecule has 78 valence electrons. The molecule has 0 unspecified atom stereocenters. The Hall–Kier alpha value is -0.163. The standard InChI is InChI=1S/C9H23N3Si/c1-10(2)9(7-8-13,11(3)4)12(5)6/h7-8H,1-6,13H3. The van der Waals surface area contributed by atoms with Gasteiger partial charge in [0.15, 0.2) is 0 Å². The molecule has 3 nitrogen and oxygen atoms in total. The van der Waals surface area contributed by atoms with Crippen LogP contribution in [-0.4, -0.2) is 73.0 Å². The van der Waals surface area contributed by atoms with Crippen LogP contribution in [0.15, 0.2) is 11.8 Å². The van der Waals surface area contributed by atoms with Gasteiger partial charge in [-0.2, -0.15) is 0 Å². The molecule has 0 saturated carbocycles. The van der Waals surface area contributed by atoms with Crippen molar-refractivity contribution in [3.63, 3.8) is 0 Å². The number of likely N-dealkylation sites (N-methyl/N-ethyl adjacent to an activating group) is 3. The van der Waals surface area contributed by atoms with Crippen molar-refractivity contribution in [2.45, 2.75) is 5.79 Å². The zero-order chi connectivity index (χ0) is 10.6. The van der Waals surface area contributed by atoms with E-state index in [2.05, 4.69) is 68.8 Å². The normalized spacial score (nSPS) is 14.2. The van der Waals surface area contributed by atoms with E-state index in [0.717, 1.165) is 10.2 Å².